The van der Waals surface area contributed by atoms with Crippen LogP contribution in [0.5, 0.6) is 0 Å². The lowest BCUT2D eigenvalue weighted by Crippen LogP contribution is -2.54. The molecule has 0 aromatic carbocycles. The molecule has 0 aromatic rings. The topological polar surface area (TPSA) is 78.5 Å². The van der Waals surface area contributed by atoms with Crippen LogP contribution in [0.15, 0.2) is 0 Å². The SMILES string of the molecule is CC(C)NC(=O)CN1C(=O)NC2(CCCCC2C)C1=O. The minimum Gasteiger partial charge on any atom is -0.352 e. The zero-order valence-electron chi connectivity index (χ0n) is 12.4. The molecule has 20 heavy (non-hydrogen) atoms. The highest BCUT2D eigenvalue weighted by Crippen LogP contribution is 2.38. The van der Waals surface area contributed by atoms with Crippen molar-refractivity contribution < 1.29 is 14.4 Å². The van der Waals surface area contributed by atoms with Crippen molar-refractivity contribution in [2.24, 2.45) is 5.92 Å². The largest absolute Gasteiger partial charge is 0.352 e. The summed E-state index contributed by atoms with van der Waals surface area (Å²) in [6.45, 7) is 5.48. The second-order valence-electron chi connectivity index (χ2n) is 6.16. The Bertz CT molecular complexity index is 435. The van der Waals surface area contributed by atoms with Gasteiger partial charge in [0.1, 0.15) is 12.1 Å². The van der Waals surface area contributed by atoms with E-state index in [0.717, 1.165) is 24.2 Å². The van der Waals surface area contributed by atoms with E-state index in [9.17, 15) is 14.4 Å². The average Bonchev–Trinajstić information content (AvgIpc) is 2.58. The molecule has 0 radical (unpaired) electrons. The number of amides is 4. The zero-order valence-corrected chi connectivity index (χ0v) is 12.4. The molecular weight excluding hydrogens is 258 g/mol. The van der Waals surface area contributed by atoms with Gasteiger partial charge in [-0.25, -0.2) is 4.79 Å². The number of carbonyl (C=O) groups is 3. The number of nitrogens with one attached hydrogen (secondary N) is 2. The van der Waals surface area contributed by atoms with Crippen molar-refractivity contribution in [1.82, 2.24) is 15.5 Å². The highest BCUT2D eigenvalue weighted by atomic mass is 16.2. The van der Waals surface area contributed by atoms with Crippen LogP contribution < -0.4 is 10.6 Å². The Morgan fingerprint density at radius 2 is 2.15 bits per heavy atom. The van der Waals surface area contributed by atoms with Gasteiger partial charge in [0.15, 0.2) is 0 Å². The lowest BCUT2D eigenvalue weighted by atomic mass is 9.73. The molecule has 6 heteroatoms. The van der Waals surface area contributed by atoms with Gasteiger partial charge in [-0.1, -0.05) is 19.8 Å². The summed E-state index contributed by atoms with van der Waals surface area (Å²) in [6.07, 6.45) is 3.61. The summed E-state index contributed by atoms with van der Waals surface area (Å²) in [6, 6.07) is -0.450. The maximum atomic E-state index is 12.6. The van der Waals surface area contributed by atoms with Gasteiger partial charge in [-0.3, -0.25) is 14.5 Å². The first kappa shape index (κ1) is 14.8. The van der Waals surface area contributed by atoms with Gasteiger partial charge in [-0.15, -0.1) is 0 Å². The first-order chi connectivity index (χ1) is 9.36. The van der Waals surface area contributed by atoms with Crippen molar-refractivity contribution in [2.45, 2.75) is 58.0 Å². The molecule has 0 aromatic heterocycles. The Kier molecular flexibility index (Phi) is 4.01. The summed E-state index contributed by atoms with van der Waals surface area (Å²) >= 11 is 0. The Labute approximate surface area is 119 Å². The van der Waals surface area contributed by atoms with Crippen LogP contribution in [0, 0.1) is 5.92 Å². The van der Waals surface area contributed by atoms with Crippen molar-refractivity contribution in [1.29, 1.82) is 0 Å². The lowest BCUT2D eigenvalue weighted by Gasteiger charge is -2.36. The van der Waals surface area contributed by atoms with Gasteiger partial charge in [-0.2, -0.15) is 0 Å². The van der Waals surface area contributed by atoms with Crippen molar-refractivity contribution >= 4 is 17.8 Å². The third-order valence-electron chi connectivity index (χ3n) is 4.25. The third kappa shape index (κ3) is 2.51. The Morgan fingerprint density at radius 1 is 1.45 bits per heavy atom. The van der Waals surface area contributed by atoms with Crippen LogP contribution in [0.4, 0.5) is 4.79 Å². The fourth-order valence-electron chi connectivity index (χ4n) is 3.15. The Morgan fingerprint density at radius 3 is 2.75 bits per heavy atom. The van der Waals surface area contributed by atoms with Gasteiger partial charge in [0.05, 0.1) is 0 Å². The third-order valence-corrected chi connectivity index (χ3v) is 4.25. The summed E-state index contributed by atoms with van der Waals surface area (Å²) in [5.74, 6) is -0.427. The standard InChI is InChI=1S/C14H23N3O3/c1-9(2)15-11(18)8-17-12(19)14(16-13(17)20)7-5-4-6-10(14)3/h9-10H,4-8H2,1-3H3,(H,15,18)(H,16,20). The molecule has 2 aliphatic rings. The van der Waals surface area contributed by atoms with Crippen LogP contribution in [0.1, 0.15) is 46.5 Å². The Hall–Kier alpha value is -1.59. The van der Waals surface area contributed by atoms with Crippen LogP contribution in [0.2, 0.25) is 0 Å². The van der Waals surface area contributed by atoms with E-state index < -0.39 is 11.6 Å². The number of imide groups is 1. The first-order valence-electron chi connectivity index (χ1n) is 7.30. The zero-order chi connectivity index (χ0) is 14.9. The molecule has 1 aliphatic carbocycles. The minimum absolute atomic E-state index is 0.00849. The van der Waals surface area contributed by atoms with Crippen LogP contribution in [-0.2, 0) is 9.59 Å². The highest BCUT2D eigenvalue weighted by Gasteiger charge is 2.55. The van der Waals surface area contributed by atoms with E-state index in [1.807, 2.05) is 20.8 Å². The maximum absolute atomic E-state index is 12.6. The van der Waals surface area contributed by atoms with E-state index in [1.165, 1.54) is 0 Å². The van der Waals surface area contributed by atoms with E-state index >= 15 is 0 Å². The predicted molar refractivity (Wildman–Crippen MR) is 73.9 cm³/mol. The van der Waals surface area contributed by atoms with Crippen LogP contribution in [0.3, 0.4) is 0 Å². The van der Waals surface area contributed by atoms with Gasteiger partial charge in [0, 0.05) is 6.04 Å². The van der Waals surface area contributed by atoms with Crippen LogP contribution in [0.25, 0.3) is 0 Å². The molecule has 6 nitrogen and oxygen atoms in total. The minimum atomic E-state index is -0.784. The van der Waals surface area contributed by atoms with E-state index in [4.69, 9.17) is 0 Å². The first-order valence-corrected chi connectivity index (χ1v) is 7.30. The summed E-state index contributed by atoms with van der Waals surface area (Å²) in [4.78, 5) is 37.4. The van der Waals surface area contributed by atoms with Crippen molar-refractivity contribution in [3.8, 4) is 0 Å². The van der Waals surface area contributed by atoms with E-state index in [2.05, 4.69) is 10.6 Å². The molecule has 1 saturated heterocycles. The van der Waals surface area contributed by atoms with Crippen molar-refractivity contribution in [2.75, 3.05) is 6.54 Å². The molecule has 1 saturated carbocycles. The Balaban J connectivity index is 2.11. The molecule has 2 N–H and O–H groups in total. The molecule has 2 fully saturated rings. The quantitative estimate of drug-likeness (QED) is 0.758. The second kappa shape index (κ2) is 5.42. The molecule has 2 unspecified atom stereocenters. The molecule has 2 atom stereocenters. The number of carbonyl (C=O) groups excluding carboxylic acids is 3. The smallest absolute Gasteiger partial charge is 0.325 e. The van der Waals surface area contributed by atoms with Gasteiger partial charge in [0.2, 0.25) is 5.91 Å². The molecule has 4 amide bonds. The van der Waals surface area contributed by atoms with E-state index in [-0.39, 0.29) is 30.3 Å². The molecule has 1 spiro atoms. The summed E-state index contributed by atoms with van der Waals surface area (Å²) in [7, 11) is 0. The van der Waals surface area contributed by atoms with E-state index in [1.54, 1.807) is 0 Å². The van der Waals surface area contributed by atoms with Gasteiger partial charge < -0.3 is 10.6 Å². The second-order valence-corrected chi connectivity index (χ2v) is 6.16. The number of nitrogens with zero attached hydrogens (tertiary/aromatic N) is 1. The molecule has 112 valence electrons. The molecule has 1 aliphatic heterocycles. The monoisotopic (exact) mass is 281 g/mol. The van der Waals surface area contributed by atoms with Crippen molar-refractivity contribution in [3.63, 3.8) is 0 Å². The van der Waals surface area contributed by atoms with Gasteiger partial charge in [-0.05, 0) is 32.6 Å². The number of rotatable bonds is 3. The van der Waals surface area contributed by atoms with Gasteiger partial charge >= 0.3 is 6.03 Å². The summed E-state index contributed by atoms with van der Waals surface area (Å²) in [5.41, 5.74) is -0.784. The average molecular weight is 281 g/mol. The number of urea groups is 1. The molecule has 0 bridgehead atoms. The van der Waals surface area contributed by atoms with Crippen LogP contribution in [-0.4, -0.2) is 40.9 Å². The number of hydrogen-bond donors (Lipinski definition) is 2. The molecule has 1 heterocycles. The number of hydrogen-bond acceptors (Lipinski definition) is 3. The van der Waals surface area contributed by atoms with Crippen LogP contribution >= 0.6 is 0 Å². The highest BCUT2D eigenvalue weighted by molar-refractivity contribution is 6.09. The molecule has 2 rings (SSSR count). The summed E-state index contributed by atoms with van der Waals surface area (Å²) < 4.78 is 0. The predicted octanol–water partition coefficient (Wildman–Crippen LogP) is 1.01. The summed E-state index contributed by atoms with van der Waals surface area (Å²) in [5, 5.41) is 5.54. The molecular formula is C14H23N3O3. The fourth-order valence-corrected chi connectivity index (χ4v) is 3.15. The van der Waals surface area contributed by atoms with Crippen molar-refractivity contribution in [3.05, 3.63) is 0 Å². The fraction of sp³-hybridized carbons (Fsp3) is 0.786. The van der Waals surface area contributed by atoms with E-state index in [0.29, 0.717) is 6.42 Å². The maximum Gasteiger partial charge on any atom is 0.325 e. The normalized spacial score (nSPS) is 30.0. The van der Waals surface area contributed by atoms with Gasteiger partial charge in [0.25, 0.3) is 5.91 Å². The lowest BCUT2D eigenvalue weighted by molar-refractivity contribution is -0.137.